The number of nitrogens with zero attached hydrogens (tertiary/aromatic N) is 5. The number of imidazole rings is 1. The molecule has 0 aliphatic heterocycles. The largest absolute Gasteiger partial charge is 0.298 e. The van der Waals surface area contributed by atoms with Crippen LogP contribution in [0.3, 0.4) is 0 Å². The minimum atomic E-state index is -3.47. The van der Waals surface area contributed by atoms with Crippen molar-refractivity contribution < 1.29 is 8.42 Å². The molecular formula is C38H31N5O2S2. The second kappa shape index (κ2) is 12.5. The average molecular weight is 654 g/mol. The number of thiophene rings is 1. The number of pyridine rings is 1. The number of sulfone groups is 1. The molecule has 0 saturated carbocycles. The van der Waals surface area contributed by atoms with Gasteiger partial charge in [-0.15, -0.1) is 11.3 Å². The Morgan fingerprint density at radius 1 is 0.809 bits per heavy atom. The van der Waals surface area contributed by atoms with E-state index in [1.54, 1.807) is 12.3 Å². The molecule has 0 aliphatic rings. The molecule has 9 heteroatoms. The van der Waals surface area contributed by atoms with Crippen molar-refractivity contribution in [3.05, 3.63) is 156 Å². The summed E-state index contributed by atoms with van der Waals surface area (Å²) in [5.41, 5.74) is 6.92. The zero-order valence-electron chi connectivity index (χ0n) is 25.7. The molecule has 0 unspecified atom stereocenters. The lowest BCUT2D eigenvalue weighted by atomic mass is 9.77. The molecule has 0 bridgehead atoms. The highest BCUT2D eigenvalue weighted by molar-refractivity contribution is 7.93. The van der Waals surface area contributed by atoms with Crippen LogP contribution in [0.4, 0.5) is 0 Å². The molecule has 0 saturated heterocycles. The molecule has 0 fully saturated rings. The van der Waals surface area contributed by atoms with Gasteiger partial charge in [-0.2, -0.15) is 10.4 Å². The van der Waals surface area contributed by atoms with Crippen LogP contribution in [0.15, 0.2) is 138 Å². The van der Waals surface area contributed by atoms with Crippen LogP contribution in [0.2, 0.25) is 0 Å². The molecular weight excluding hydrogens is 623 g/mol. The summed E-state index contributed by atoms with van der Waals surface area (Å²) in [6, 6.07) is 40.9. The maximum Gasteiger partial charge on any atom is 0.187 e. The van der Waals surface area contributed by atoms with Gasteiger partial charge in [-0.1, -0.05) is 91.0 Å². The highest BCUT2D eigenvalue weighted by Gasteiger charge is 2.39. The molecule has 7 nitrogen and oxygen atoms in total. The first-order chi connectivity index (χ1) is 22.9. The molecule has 0 aliphatic carbocycles. The van der Waals surface area contributed by atoms with Crippen LogP contribution in [0.25, 0.3) is 27.3 Å². The van der Waals surface area contributed by atoms with Crippen molar-refractivity contribution in [3.63, 3.8) is 0 Å². The number of aromatic nitrogens is 4. The fraction of sp³-hybridized carbons (Fsp3) is 0.132. The van der Waals surface area contributed by atoms with Crippen molar-refractivity contribution in [2.24, 2.45) is 0 Å². The van der Waals surface area contributed by atoms with Crippen LogP contribution in [0.1, 0.15) is 35.2 Å². The zero-order valence-corrected chi connectivity index (χ0v) is 27.3. The van der Waals surface area contributed by atoms with E-state index in [-0.39, 0.29) is 12.2 Å². The van der Waals surface area contributed by atoms with Gasteiger partial charge in [-0.05, 0) is 54.3 Å². The van der Waals surface area contributed by atoms with Crippen molar-refractivity contribution in [2.45, 2.75) is 29.5 Å². The van der Waals surface area contributed by atoms with E-state index in [9.17, 15) is 8.42 Å². The Morgan fingerprint density at radius 3 is 2.02 bits per heavy atom. The number of unbranched alkanes of at least 4 members (excludes halogenated alkanes) is 1. The Hall–Kier alpha value is -5.30. The number of rotatable bonds is 10. The number of hydrogen-bond acceptors (Lipinski definition) is 6. The molecule has 4 heterocycles. The maximum atomic E-state index is 12.9. The number of nitriles is 1. The third kappa shape index (κ3) is 5.46. The molecule has 232 valence electrons. The van der Waals surface area contributed by atoms with Crippen LogP contribution in [-0.4, -0.2) is 33.3 Å². The lowest BCUT2D eigenvalue weighted by molar-refractivity contribution is 0.458. The zero-order chi connectivity index (χ0) is 32.4. The molecule has 0 N–H and O–H groups in total. The normalized spacial score (nSPS) is 11.9. The van der Waals surface area contributed by atoms with Crippen molar-refractivity contribution in [2.75, 3.05) is 5.75 Å². The van der Waals surface area contributed by atoms with E-state index in [4.69, 9.17) is 10.4 Å². The van der Waals surface area contributed by atoms with Crippen LogP contribution in [0.5, 0.6) is 0 Å². The standard InChI is InChI=1S/C38H31N5O2S2/c1-28-33(29-19-21-36-40-25-34(42(36)26-29)35-20-22-37(46-35)47(44,45)24-12-11-23-39)27-43(41-28)38(30-13-5-2-6-14-30,31-15-7-3-8-16-31)32-17-9-4-10-18-32/h2-10,13-22,25-27H,11-12,24H2,1H3. The fourth-order valence-electron chi connectivity index (χ4n) is 6.24. The van der Waals surface area contributed by atoms with Crippen LogP contribution in [0, 0.1) is 18.3 Å². The lowest BCUT2D eigenvalue weighted by Crippen LogP contribution is -2.38. The highest BCUT2D eigenvalue weighted by Crippen LogP contribution is 2.42. The third-order valence-electron chi connectivity index (χ3n) is 8.48. The summed E-state index contributed by atoms with van der Waals surface area (Å²) in [5, 5.41) is 14.0. The van der Waals surface area contributed by atoms with Crippen molar-refractivity contribution >= 4 is 26.8 Å². The summed E-state index contributed by atoms with van der Waals surface area (Å²) in [4.78, 5) is 5.41. The van der Waals surface area contributed by atoms with Crippen molar-refractivity contribution in [1.29, 1.82) is 5.26 Å². The van der Waals surface area contributed by atoms with E-state index >= 15 is 0 Å². The average Bonchev–Trinajstić information content (AvgIpc) is 3.86. The van der Waals surface area contributed by atoms with Gasteiger partial charge in [0.05, 0.1) is 34.3 Å². The van der Waals surface area contributed by atoms with E-state index in [2.05, 4.69) is 94.7 Å². The highest BCUT2D eigenvalue weighted by atomic mass is 32.2. The molecule has 0 atom stereocenters. The molecule has 3 aromatic carbocycles. The van der Waals surface area contributed by atoms with Gasteiger partial charge >= 0.3 is 0 Å². The molecule has 0 spiro atoms. The Labute approximate surface area is 278 Å². The number of benzene rings is 3. The monoisotopic (exact) mass is 653 g/mol. The molecule has 7 aromatic rings. The minimum absolute atomic E-state index is 0.0441. The fourth-order valence-corrected chi connectivity index (χ4v) is 9.01. The van der Waals surface area contributed by atoms with E-state index in [0.29, 0.717) is 10.6 Å². The summed E-state index contributed by atoms with van der Waals surface area (Å²) in [7, 11) is -3.47. The summed E-state index contributed by atoms with van der Waals surface area (Å²) < 4.78 is 30.2. The first-order valence-electron chi connectivity index (χ1n) is 15.3. The van der Waals surface area contributed by atoms with Crippen LogP contribution in [-0.2, 0) is 15.4 Å². The molecule has 0 radical (unpaired) electrons. The van der Waals surface area contributed by atoms with Gasteiger partial charge in [-0.3, -0.25) is 9.08 Å². The van der Waals surface area contributed by atoms with Gasteiger partial charge < -0.3 is 0 Å². The van der Waals surface area contributed by atoms with Gasteiger partial charge in [0.2, 0.25) is 0 Å². The van der Waals surface area contributed by atoms with Gasteiger partial charge in [0.25, 0.3) is 0 Å². The lowest BCUT2D eigenvalue weighted by Gasteiger charge is -2.36. The number of hydrogen-bond donors (Lipinski definition) is 0. The van der Waals surface area contributed by atoms with Gasteiger partial charge in [0.15, 0.2) is 9.84 Å². The van der Waals surface area contributed by atoms with E-state index in [1.807, 2.05) is 53.9 Å². The third-order valence-corrected chi connectivity index (χ3v) is 12.0. The topological polar surface area (TPSA) is 93.0 Å². The van der Waals surface area contributed by atoms with Crippen molar-refractivity contribution in [1.82, 2.24) is 19.2 Å². The van der Waals surface area contributed by atoms with Crippen LogP contribution < -0.4 is 0 Å². The summed E-state index contributed by atoms with van der Waals surface area (Å²) >= 11 is 1.23. The second-order valence-corrected chi connectivity index (χ2v) is 14.8. The van der Waals surface area contributed by atoms with E-state index in [0.717, 1.165) is 49.7 Å². The number of aryl methyl sites for hydroxylation is 1. The van der Waals surface area contributed by atoms with Gasteiger partial charge in [0.1, 0.15) is 15.4 Å². The summed E-state index contributed by atoms with van der Waals surface area (Å²) in [6.07, 6.45) is 6.47. The first kappa shape index (κ1) is 30.4. The van der Waals surface area contributed by atoms with Crippen molar-refractivity contribution in [3.8, 4) is 27.8 Å². The predicted octanol–water partition coefficient (Wildman–Crippen LogP) is 8.15. The second-order valence-electron chi connectivity index (χ2n) is 11.4. The van der Waals surface area contributed by atoms with Gasteiger partial charge in [0, 0.05) is 29.9 Å². The SMILES string of the molecule is Cc1nn(C(c2ccccc2)(c2ccccc2)c2ccccc2)cc1-c1ccc2ncc(-c3ccc(S(=O)(=O)CCCC#N)s3)n2c1. The van der Waals surface area contributed by atoms with Gasteiger partial charge in [-0.25, -0.2) is 13.4 Å². The smallest absolute Gasteiger partial charge is 0.187 e. The molecule has 47 heavy (non-hydrogen) atoms. The molecule has 4 aromatic heterocycles. The summed E-state index contributed by atoms with van der Waals surface area (Å²) in [6.45, 7) is 2.03. The van der Waals surface area contributed by atoms with Crippen LogP contribution >= 0.6 is 11.3 Å². The Kier molecular flexibility index (Phi) is 8.06. The Balaban J connectivity index is 1.35. The Bertz CT molecular complexity index is 2220. The number of fused-ring (bicyclic) bond motifs is 1. The predicted molar refractivity (Wildman–Crippen MR) is 186 cm³/mol. The quantitative estimate of drug-likeness (QED) is 0.110. The first-order valence-corrected chi connectivity index (χ1v) is 17.8. The molecule has 0 amide bonds. The molecule has 7 rings (SSSR count). The van der Waals surface area contributed by atoms with E-state index in [1.165, 1.54) is 11.3 Å². The maximum absolute atomic E-state index is 12.9. The minimum Gasteiger partial charge on any atom is -0.298 e. The summed E-state index contributed by atoms with van der Waals surface area (Å²) in [5.74, 6) is -0.0441. The van der Waals surface area contributed by atoms with E-state index < -0.39 is 15.4 Å². The Morgan fingerprint density at radius 2 is 1.43 bits per heavy atom.